The predicted octanol–water partition coefficient (Wildman–Crippen LogP) is 3.00. The molecule has 3 aromatic rings. The fraction of sp³-hybridized carbons (Fsp3) is 0.273. The van der Waals surface area contributed by atoms with E-state index in [0.29, 0.717) is 17.2 Å². The summed E-state index contributed by atoms with van der Waals surface area (Å²) >= 11 is 1.13. The van der Waals surface area contributed by atoms with Gasteiger partial charge in [0.05, 0.1) is 0 Å². The fourth-order valence-corrected chi connectivity index (χ4v) is 3.29. The number of carbonyl (C=O) groups is 2. The number of hydrogen-bond donors (Lipinski definition) is 2. The van der Waals surface area contributed by atoms with E-state index in [0.717, 1.165) is 28.2 Å². The number of anilines is 2. The Morgan fingerprint density at radius 3 is 2.42 bits per heavy atom. The Bertz CT molecular complexity index is 1020. The van der Waals surface area contributed by atoms with Gasteiger partial charge in [0.1, 0.15) is 18.2 Å². The highest BCUT2D eigenvalue weighted by Gasteiger charge is 2.13. The lowest BCUT2D eigenvalue weighted by atomic mass is 10.2. The van der Waals surface area contributed by atoms with Crippen LogP contribution in [-0.4, -0.2) is 42.7 Å². The SMILES string of the molecule is Cc1ccc(NC(=O)c2nnc(COCC(=O)NCc3ccc(N(C)C)cc3)s2)cc1. The van der Waals surface area contributed by atoms with E-state index in [4.69, 9.17) is 4.74 Å². The van der Waals surface area contributed by atoms with Crippen molar-refractivity contribution in [2.24, 2.45) is 0 Å². The second-order valence-electron chi connectivity index (χ2n) is 7.15. The third kappa shape index (κ3) is 6.87. The second kappa shape index (κ2) is 10.6. The first-order chi connectivity index (χ1) is 14.9. The maximum atomic E-state index is 12.3. The van der Waals surface area contributed by atoms with Gasteiger partial charge in [-0.25, -0.2) is 0 Å². The summed E-state index contributed by atoms with van der Waals surface area (Å²) in [5.74, 6) is -0.552. The minimum atomic E-state index is -0.328. The Morgan fingerprint density at radius 1 is 1.03 bits per heavy atom. The van der Waals surface area contributed by atoms with Crippen molar-refractivity contribution in [3.8, 4) is 0 Å². The van der Waals surface area contributed by atoms with Crippen LogP contribution in [0.15, 0.2) is 48.5 Å². The first-order valence-electron chi connectivity index (χ1n) is 9.72. The quantitative estimate of drug-likeness (QED) is 0.532. The first-order valence-corrected chi connectivity index (χ1v) is 10.5. The van der Waals surface area contributed by atoms with E-state index in [1.807, 2.05) is 74.4 Å². The van der Waals surface area contributed by atoms with E-state index in [2.05, 4.69) is 20.8 Å². The summed E-state index contributed by atoms with van der Waals surface area (Å²) in [5.41, 5.74) is 3.91. The first kappa shape index (κ1) is 22.4. The lowest BCUT2D eigenvalue weighted by molar-refractivity contribution is -0.126. The summed E-state index contributed by atoms with van der Waals surface area (Å²) in [6, 6.07) is 15.4. The lowest BCUT2D eigenvalue weighted by Crippen LogP contribution is -2.27. The Kier molecular flexibility index (Phi) is 7.69. The number of benzene rings is 2. The zero-order chi connectivity index (χ0) is 22.2. The van der Waals surface area contributed by atoms with Crippen LogP contribution in [0.3, 0.4) is 0 Å². The Labute approximate surface area is 185 Å². The van der Waals surface area contributed by atoms with Crippen LogP contribution in [-0.2, 0) is 22.7 Å². The van der Waals surface area contributed by atoms with Crippen molar-refractivity contribution in [1.82, 2.24) is 15.5 Å². The van der Waals surface area contributed by atoms with Gasteiger partial charge < -0.3 is 20.3 Å². The highest BCUT2D eigenvalue weighted by molar-refractivity contribution is 7.13. The summed E-state index contributed by atoms with van der Waals surface area (Å²) < 4.78 is 5.40. The van der Waals surface area contributed by atoms with Gasteiger partial charge >= 0.3 is 0 Å². The van der Waals surface area contributed by atoms with Crippen molar-refractivity contribution in [2.75, 3.05) is 30.9 Å². The van der Waals surface area contributed by atoms with E-state index in [-0.39, 0.29) is 30.0 Å². The van der Waals surface area contributed by atoms with Gasteiger partial charge in [0.15, 0.2) is 0 Å². The van der Waals surface area contributed by atoms with Crippen molar-refractivity contribution in [2.45, 2.75) is 20.1 Å². The third-order valence-electron chi connectivity index (χ3n) is 4.37. The van der Waals surface area contributed by atoms with Crippen LogP contribution in [0.2, 0.25) is 0 Å². The molecule has 2 aromatic carbocycles. The van der Waals surface area contributed by atoms with Gasteiger partial charge in [-0.15, -0.1) is 10.2 Å². The molecule has 0 aliphatic carbocycles. The standard InChI is InChI=1S/C22H25N5O3S/c1-15-4-8-17(9-5-15)24-21(29)22-26-25-20(31-22)14-30-13-19(28)23-12-16-6-10-18(11-7-16)27(2)3/h4-11H,12-14H2,1-3H3,(H,23,28)(H,24,29). The molecule has 1 heterocycles. The van der Waals surface area contributed by atoms with E-state index in [9.17, 15) is 9.59 Å². The molecule has 9 heteroatoms. The molecule has 162 valence electrons. The van der Waals surface area contributed by atoms with Crippen LogP contribution in [0.4, 0.5) is 11.4 Å². The average molecular weight is 440 g/mol. The average Bonchev–Trinajstić information content (AvgIpc) is 3.23. The third-order valence-corrected chi connectivity index (χ3v) is 5.27. The highest BCUT2D eigenvalue weighted by atomic mass is 32.1. The Hall–Kier alpha value is -3.30. The molecule has 2 N–H and O–H groups in total. The predicted molar refractivity (Wildman–Crippen MR) is 121 cm³/mol. The number of aromatic nitrogens is 2. The van der Waals surface area contributed by atoms with Crippen LogP contribution < -0.4 is 15.5 Å². The molecule has 0 aliphatic rings. The molecule has 1 aromatic heterocycles. The lowest BCUT2D eigenvalue weighted by Gasteiger charge is -2.12. The number of ether oxygens (including phenoxy) is 1. The molecule has 0 unspecified atom stereocenters. The van der Waals surface area contributed by atoms with Crippen molar-refractivity contribution in [3.63, 3.8) is 0 Å². The van der Waals surface area contributed by atoms with Gasteiger partial charge in [-0.05, 0) is 36.8 Å². The van der Waals surface area contributed by atoms with Gasteiger partial charge in [0.2, 0.25) is 10.9 Å². The largest absolute Gasteiger partial charge is 0.378 e. The molecule has 0 saturated heterocycles. The van der Waals surface area contributed by atoms with Gasteiger partial charge in [0.25, 0.3) is 5.91 Å². The summed E-state index contributed by atoms with van der Waals surface area (Å²) in [6.45, 7) is 2.42. The molecule has 2 amide bonds. The Balaban J connectivity index is 1.39. The molecular formula is C22H25N5O3S. The molecule has 0 aliphatic heterocycles. The van der Waals surface area contributed by atoms with Gasteiger partial charge in [-0.3, -0.25) is 9.59 Å². The van der Waals surface area contributed by atoms with Gasteiger partial charge in [-0.1, -0.05) is 41.2 Å². The van der Waals surface area contributed by atoms with Crippen LogP contribution in [0, 0.1) is 6.92 Å². The van der Waals surface area contributed by atoms with Crippen molar-refractivity contribution in [1.29, 1.82) is 0 Å². The number of hydrogen-bond acceptors (Lipinski definition) is 7. The molecule has 0 bridgehead atoms. The molecule has 0 atom stereocenters. The van der Waals surface area contributed by atoms with Crippen LogP contribution >= 0.6 is 11.3 Å². The van der Waals surface area contributed by atoms with Crippen molar-refractivity contribution >= 4 is 34.5 Å². The van der Waals surface area contributed by atoms with E-state index in [1.54, 1.807) is 0 Å². The maximum Gasteiger partial charge on any atom is 0.286 e. The molecule has 0 saturated carbocycles. The smallest absolute Gasteiger partial charge is 0.286 e. The van der Waals surface area contributed by atoms with Gasteiger partial charge in [-0.2, -0.15) is 0 Å². The van der Waals surface area contributed by atoms with Crippen LogP contribution in [0.25, 0.3) is 0 Å². The monoisotopic (exact) mass is 439 g/mol. The Morgan fingerprint density at radius 2 is 1.74 bits per heavy atom. The molecule has 3 rings (SSSR count). The topological polar surface area (TPSA) is 96.5 Å². The second-order valence-corrected chi connectivity index (χ2v) is 8.21. The zero-order valence-electron chi connectivity index (χ0n) is 17.7. The number of amides is 2. The molecule has 31 heavy (non-hydrogen) atoms. The summed E-state index contributed by atoms with van der Waals surface area (Å²) in [4.78, 5) is 26.3. The maximum absolute atomic E-state index is 12.3. The summed E-state index contributed by atoms with van der Waals surface area (Å²) in [6.07, 6.45) is 0. The van der Waals surface area contributed by atoms with Crippen molar-refractivity contribution < 1.29 is 14.3 Å². The minimum absolute atomic E-state index is 0.0970. The molecule has 0 spiro atoms. The van der Waals surface area contributed by atoms with Crippen LogP contribution in [0.1, 0.15) is 25.9 Å². The number of rotatable bonds is 9. The number of nitrogens with one attached hydrogen (secondary N) is 2. The number of nitrogens with zero attached hydrogens (tertiary/aromatic N) is 3. The fourth-order valence-electron chi connectivity index (χ4n) is 2.62. The van der Waals surface area contributed by atoms with E-state index in [1.165, 1.54) is 0 Å². The highest BCUT2D eigenvalue weighted by Crippen LogP contribution is 2.15. The van der Waals surface area contributed by atoms with E-state index < -0.39 is 0 Å². The molecular weight excluding hydrogens is 414 g/mol. The normalized spacial score (nSPS) is 10.5. The number of aryl methyl sites for hydroxylation is 1. The van der Waals surface area contributed by atoms with Gasteiger partial charge in [0, 0.05) is 32.0 Å². The molecule has 0 fully saturated rings. The molecule has 0 radical (unpaired) electrons. The zero-order valence-corrected chi connectivity index (χ0v) is 18.5. The minimum Gasteiger partial charge on any atom is -0.378 e. The van der Waals surface area contributed by atoms with E-state index >= 15 is 0 Å². The molecule has 8 nitrogen and oxygen atoms in total. The number of carbonyl (C=O) groups excluding carboxylic acids is 2. The summed E-state index contributed by atoms with van der Waals surface area (Å²) in [7, 11) is 3.96. The summed E-state index contributed by atoms with van der Waals surface area (Å²) in [5, 5.41) is 14.2. The van der Waals surface area contributed by atoms with Crippen molar-refractivity contribution in [3.05, 3.63) is 69.7 Å². The van der Waals surface area contributed by atoms with Crippen LogP contribution in [0.5, 0.6) is 0 Å².